The molecule has 2 aliphatic rings. The van der Waals surface area contributed by atoms with Gasteiger partial charge in [0.1, 0.15) is 18.0 Å². The van der Waals surface area contributed by atoms with Crippen molar-refractivity contribution >= 4 is 23.3 Å². The normalized spacial score (nSPS) is 20.1. The predicted molar refractivity (Wildman–Crippen MR) is 113 cm³/mol. The number of halogens is 6. The first-order valence-corrected chi connectivity index (χ1v) is 11.0. The van der Waals surface area contributed by atoms with Crippen LogP contribution in [0.5, 0.6) is 0 Å². The van der Waals surface area contributed by atoms with Gasteiger partial charge in [-0.25, -0.2) is 13.2 Å². The molecule has 4 rings (SSSR count). The van der Waals surface area contributed by atoms with E-state index in [1.807, 2.05) is 0 Å². The Morgan fingerprint density at radius 2 is 1.97 bits per heavy atom. The third kappa shape index (κ3) is 5.10. The summed E-state index contributed by atoms with van der Waals surface area (Å²) in [6, 6.07) is 2.26. The maximum Gasteiger partial charge on any atom is 0.396 e. The second-order valence-electron chi connectivity index (χ2n) is 8.65. The van der Waals surface area contributed by atoms with Crippen molar-refractivity contribution in [1.29, 1.82) is 0 Å². The molecule has 12 heteroatoms. The topological polar surface area (TPSA) is 61.6 Å². The molecule has 2 heterocycles. The van der Waals surface area contributed by atoms with Gasteiger partial charge in [0, 0.05) is 32.2 Å². The highest BCUT2D eigenvalue weighted by Crippen LogP contribution is 2.40. The van der Waals surface area contributed by atoms with Crippen LogP contribution in [0.2, 0.25) is 0 Å². The third-order valence-corrected chi connectivity index (χ3v) is 6.17. The minimum Gasteiger partial charge on any atom is -0.427 e. The van der Waals surface area contributed by atoms with Crippen LogP contribution in [-0.4, -0.2) is 49.2 Å². The second kappa shape index (κ2) is 9.03. The van der Waals surface area contributed by atoms with Crippen molar-refractivity contribution in [2.24, 2.45) is 0 Å². The van der Waals surface area contributed by atoms with E-state index in [1.54, 1.807) is 4.90 Å². The quantitative estimate of drug-likeness (QED) is 0.550. The number of rotatable bonds is 6. The first-order valence-electron chi connectivity index (χ1n) is 11.0. The lowest BCUT2D eigenvalue weighted by Crippen LogP contribution is -2.42. The first kappa shape index (κ1) is 24.2. The van der Waals surface area contributed by atoms with Gasteiger partial charge in [-0.05, 0) is 43.9 Å². The van der Waals surface area contributed by atoms with Gasteiger partial charge in [0.05, 0.1) is 11.7 Å². The van der Waals surface area contributed by atoms with E-state index in [9.17, 15) is 31.1 Å². The molecule has 1 atom stereocenters. The number of carbonyl (C=O) groups is 1. The van der Waals surface area contributed by atoms with Crippen molar-refractivity contribution < 1.29 is 35.6 Å². The number of amides is 1. The zero-order chi connectivity index (χ0) is 24.7. The van der Waals surface area contributed by atoms with Gasteiger partial charge < -0.3 is 19.5 Å². The van der Waals surface area contributed by atoms with Crippen LogP contribution in [0.1, 0.15) is 48.4 Å². The highest BCUT2D eigenvalue weighted by atomic mass is 19.4. The molecule has 186 valence electrons. The minimum absolute atomic E-state index is 0.0542. The number of hydrogen-bond donors (Lipinski definition) is 1. The molecule has 1 saturated heterocycles. The summed E-state index contributed by atoms with van der Waals surface area (Å²) in [6.45, 7) is 1.10. The number of anilines is 3. The lowest BCUT2D eigenvalue weighted by Gasteiger charge is -2.31. The molecule has 0 radical (unpaired) electrons. The summed E-state index contributed by atoms with van der Waals surface area (Å²) in [5.74, 6) is -5.41. The summed E-state index contributed by atoms with van der Waals surface area (Å²) >= 11 is 0. The van der Waals surface area contributed by atoms with Gasteiger partial charge in [-0.3, -0.25) is 4.79 Å². The molecule has 1 unspecified atom stereocenters. The summed E-state index contributed by atoms with van der Waals surface area (Å²) in [4.78, 5) is 19.5. The number of nitrogens with zero attached hydrogens (tertiary/aromatic N) is 3. The van der Waals surface area contributed by atoms with Crippen molar-refractivity contribution in [2.45, 2.75) is 56.7 Å². The highest BCUT2D eigenvalue weighted by molar-refractivity contribution is 6.03. The molecule has 6 nitrogen and oxygen atoms in total. The third-order valence-electron chi connectivity index (χ3n) is 6.17. The van der Waals surface area contributed by atoms with Gasteiger partial charge in [-0.1, -0.05) is 0 Å². The molecule has 1 amide bonds. The molecule has 2 fully saturated rings. The van der Waals surface area contributed by atoms with E-state index in [4.69, 9.17) is 4.42 Å². The number of oxazole rings is 1. The molecule has 1 aromatic carbocycles. The first-order chi connectivity index (χ1) is 15.9. The number of alkyl halides is 5. The van der Waals surface area contributed by atoms with Crippen LogP contribution in [0.25, 0.3) is 0 Å². The molecule has 0 spiro atoms. The summed E-state index contributed by atoms with van der Waals surface area (Å²) < 4.78 is 87.2. The zero-order valence-electron chi connectivity index (χ0n) is 18.4. The Kier molecular flexibility index (Phi) is 6.43. The average Bonchev–Trinajstić information content (AvgIpc) is 3.46. The van der Waals surface area contributed by atoms with E-state index in [0.29, 0.717) is 19.5 Å². The van der Waals surface area contributed by atoms with Gasteiger partial charge >= 0.3 is 6.18 Å². The van der Waals surface area contributed by atoms with Crippen LogP contribution in [0, 0.1) is 5.82 Å². The van der Waals surface area contributed by atoms with E-state index in [2.05, 4.69) is 10.3 Å². The molecule has 1 aromatic heterocycles. The molecule has 1 saturated carbocycles. The standard InChI is InChI=1S/C22H24F6N4O2/c1-31(17-5-4-8-21(17,24)25)15-7-6-13(11-14(15)23)29-19(33)18-16(12-22(26,27)28)34-20(30-18)32-9-2-3-10-32/h6-7,11,17H,2-5,8-10,12H2,1H3,(H,29,33). The Morgan fingerprint density at radius 1 is 1.26 bits per heavy atom. The predicted octanol–water partition coefficient (Wildman–Crippen LogP) is 5.40. The molecule has 1 aliphatic carbocycles. The number of benzene rings is 1. The van der Waals surface area contributed by atoms with Gasteiger partial charge in [-0.15, -0.1) is 0 Å². The van der Waals surface area contributed by atoms with E-state index in [0.717, 1.165) is 18.9 Å². The van der Waals surface area contributed by atoms with E-state index >= 15 is 0 Å². The van der Waals surface area contributed by atoms with Crippen molar-refractivity contribution in [3.05, 3.63) is 35.5 Å². The Morgan fingerprint density at radius 3 is 2.56 bits per heavy atom. The van der Waals surface area contributed by atoms with Crippen LogP contribution in [0.3, 0.4) is 0 Å². The van der Waals surface area contributed by atoms with E-state index < -0.39 is 47.7 Å². The van der Waals surface area contributed by atoms with Gasteiger partial charge in [0.25, 0.3) is 17.8 Å². The highest BCUT2D eigenvalue weighted by Gasteiger charge is 2.46. The summed E-state index contributed by atoms with van der Waals surface area (Å²) in [5.41, 5.74) is -0.659. The summed E-state index contributed by atoms with van der Waals surface area (Å²) in [7, 11) is 1.37. The van der Waals surface area contributed by atoms with Crippen LogP contribution < -0.4 is 15.1 Å². The molecular formula is C22H24F6N4O2. The number of aromatic nitrogens is 1. The molecule has 0 bridgehead atoms. The lowest BCUT2D eigenvalue weighted by molar-refractivity contribution is -0.130. The van der Waals surface area contributed by atoms with Gasteiger partial charge in [0.2, 0.25) is 0 Å². The zero-order valence-corrected chi connectivity index (χ0v) is 18.4. The molecule has 34 heavy (non-hydrogen) atoms. The maximum absolute atomic E-state index is 14.7. The second-order valence-corrected chi connectivity index (χ2v) is 8.65. The van der Waals surface area contributed by atoms with Crippen LogP contribution in [-0.2, 0) is 6.42 Å². The Hall–Kier alpha value is -2.92. The monoisotopic (exact) mass is 490 g/mol. The Bertz CT molecular complexity index is 1050. The molecule has 1 N–H and O–H groups in total. The van der Waals surface area contributed by atoms with E-state index in [-0.39, 0.29) is 30.2 Å². The molecular weight excluding hydrogens is 466 g/mol. The number of carbonyl (C=O) groups excluding carboxylic acids is 1. The van der Waals surface area contributed by atoms with E-state index in [1.165, 1.54) is 24.1 Å². The molecule has 1 aliphatic heterocycles. The Balaban J connectivity index is 1.53. The van der Waals surface area contributed by atoms with Crippen LogP contribution in [0.4, 0.5) is 43.7 Å². The van der Waals surface area contributed by atoms with Gasteiger partial charge in [-0.2, -0.15) is 18.2 Å². The van der Waals surface area contributed by atoms with Crippen molar-refractivity contribution in [2.75, 3.05) is 35.3 Å². The fourth-order valence-electron chi connectivity index (χ4n) is 4.48. The fourth-order valence-corrected chi connectivity index (χ4v) is 4.48. The SMILES string of the molecule is CN(c1ccc(NC(=O)c2nc(N3CCCC3)oc2CC(F)(F)F)cc1F)C1CCCC1(F)F. The number of nitrogens with one attached hydrogen (secondary N) is 1. The maximum atomic E-state index is 14.7. The fraction of sp³-hybridized carbons (Fsp3) is 0.545. The van der Waals surface area contributed by atoms with Gasteiger partial charge in [0.15, 0.2) is 5.69 Å². The lowest BCUT2D eigenvalue weighted by atomic mass is 10.1. The number of hydrogen-bond acceptors (Lipinski definition) is 5. The largest absolute Gasteiger partial charge is 0.427 e. The smallest absolute Gasteiger partial charge is 0.396 e. The summed E-state index contributed by atoms with van der Waals surface area (Å²) in [6.07, 6.45) is -4.18. The Labute approximate surface area is 191 Å². The summed E-state index contributed by atoms with van der Waals surface area (Å²) in [5, 5.41) is 2.33. The van der Waals surface area contributed by atoms with Crippen molar-refractivity contribution in [1.82, 2.24) is 4.98 Å². The average molecular weight is 490 g/mol. The van der Waals surface area contributed by atoms with Crippen molar-refractivity contribution in [3.63, 3.8) is 0 Å². The van der Waals surface area contributed by atoms with Crippen LogP contribution >= 0.6 is 0 Å². The van der Waals surface area contributed by atoms with Crippen LogP contribution in [0.15, 0.2) is 22.6 Å². The minimum atomic E-state index is -4.63. The van der Waals surface area contributed by atoms with Crippen molar-refractivity contribution in [3.8, 4) is 0 Å². The molecule has 2 aromatic rings.